The minimum absolute atomic E-state index is 0.0564. The summed E-state index contributed by atoms with van der Waals surface area (Å²) in [5.74, 6) is -0.0564. The fourth-order valence-electron chi connectivity index (χ4n) is 1.42. The van der Waals surface area contributed by atoms with Crippen molar-refractivity contribution in [2.45, 2.75) is 9.79 Å². The first-order valence-electron chi connectivity index (χ1n) is 5.49. The molecule has 0 aliphatic carbocycles. The van der Waals surface area contributed by atoms with E-state index >= 15 is 0 Å². The Hall–Kier alpha value is -1.99. The van der Waals surface area contributed by atoms with Gasteiger partial charge in [0.15, 0.2) is 0 Å². The van der Waals surface area contributed by atoms with E-state index in [1.165, 1.54) is 33.7 Å². The van der Waals surface area contributed by atoms with E-state index in [-0.39, 0.29) is 17.9 Å². The van der Waals surface area contributed by atoms with E-state index in [0.29, 0.717) is 4.90 Å². The van der Waals surface area contributed by atoms with Crippen LogP contribution in [0.1, 0.15) is 0 Å². The van der Waals surface area contributed by atoms with Crippen LogP contribution in [-0.2, 0) is 4.79 Å². The molecule has 0 aromatic heterocycles. The lowest BCUT2D eigenvalue weighted by atomic mass is 10.3. The first kappa shape index (κ1) is 14.4. The number of nitro groups is 1. The molecule has 0 saturated carbocycles. The maximum absolute atomic E-state index is 10.9. The number of rotatable bonds is 6. The normalized spacial score (nSPS) is 10.0. The zero-order valence-corrected chi connectivity index (χ0v) is 11.7. The maximum atomic E-state index is 10.9. The zero-order valence-electron chi connectivity index (χ0n) is 10.1. The van der Waals surface area contributed by atoms with Gasteiger partial charge in [0.05, 0.1) is 4.92 Å². The Bertz CT molecular complexity index is 619. The van der Waals surface area contributed by atoms with Crippen LogP contribution in [0.4, 0.5) is 5.69 Å². The first-order valence-corrected chi connectivity index (χ1v) is 7.64. The van der Waals surface area contributed by atoms with Crippen molar-refractivity contribution >= 4 is 33.7 Å². The number of ether oxygens (including phenoxy) is 1. The van der Waals surface area contributed by atoms with Gasteiger partial charge in [-0.05, 0) is 24.3 Å². The van der Waals surface area contributed by atoms with Crippen molar-refractivity contribution in [2.24, 2.45) is 0 Å². The molecule has 5 nitrogen and oxygen atoms in total. The quantitative estimate of drug-likeness (QED) is 0.348. The Morgan fingerprint density at radius 3 is 2.40 bits per heavy atom. The molecule has 20 heavy (non-hydrogen) atoms. The zero-order chi connectivity index (χ0) is 14.4. The molecule has 2 aromatic rings. The molecule has 0 atom stereocenters. The summed E-state index contributed by atoms with van der Waals surface area (Å²) in [5, 5.41) is 10.9. The molecule has 0 saturated heterocycles. The van der Waals surface area contributed by atoms with E-state index in [0.717, 1.165) is 4.90 Å². The average molecular weight is 307 g/mol. The smallest absolute Gasteiger partial charge is 0.312 e. The number of nitro benzene ring substituents is 1. The predicted octanol–water partition coefficient (Wildman–Crippen LogP) is 3.93. The summed E-state index contributed by atoms with van der Waals surface area (Å²) < 4.78 is 4.58. The lowest BCUT2D eigenvalue weighted by molar-refractivity contribution is -0.385. The van der Waals surface area contributed by atoms with Crippen molar-refractivity contribution in [2.75, 3.05) is 0 Å². The highest BCUT2D eigenvalue weighted by Crippen LogP contribution is 2.40. The van der Waals surface area contributed by atoms with Crippen LogP contribution in [-0.4, -0.2) is 11.4 Å². The Morgan fingerprint density at radius 2 is 1.75 bits per heavy atom. The Labute approximate surface area is 122 Å². The van der Waals surface area contributed by atoms with Gasteiger partial charge in [-0.25, -0.2) is 0 Å². The summed E-state index contributed by atoms with van der Waals surface area (Å²) in [6.07, 6.45) is 0. The second kappa shape index (κ2) is 6.97. The largest absolute Gasteiger partial charge is 0.421 e. The molecule has 0 radical (unpaired) electrons. The van der Waals surface area contributed by atoms with E-state index < -0.39 is 4.92 Å². The molecule has 0 unspecified atom stereocenters. The van der Waals surface area contributed by atoms with Gasteiger partial charge in [-0.2, -0.15) is 0 Å². The van der Waals surface area contributed by atoms with E-state index in [1.54, 1.807) is 6.07 Å². The summed E-state index contributed by atoms with van der Waals surface area (Å²) in [6.45, 7) is 0.174. The van der Waals surface area contributed by atoms with E-state index in [4.69, 9.17) is 0 Å². The van der Waals surface area contributed by atoms with Crippen LogP contribution in [0.15, 0.2) is 58.3 Å². The van der Waals surface area contributed by atoms with Crippen LogP contribution >= 0.6 is 21.6 Å². The summed E-state index contributed by atoms with van der Waals surface area (Å²) in [7, 11) is 2.90. The molecule has 0 fully saturated rings. The predicted molar refractivity (Wildman–Crippen MR) is 77.9 cm³/mol. The first-order chi connectivity index (χ1) is 9.70. The number of carbonyl (C=O) groups excluding carboxylic acids is 1. The molecule has 0 aliphatic heterocycles. The molecular weight excluding hydrogens is 298 g/mol. The lowest BCUT2D eigenvalue weighted by Crippen LogP contribution is -1.95. The minimum Gasteiger partial charge on any atom is -0.421 e. The maximum Gasteiger partial charge on any atom is 0.312 e. The van der Waals surface area contributed by atoms with Gasteiger partial charge in [0, 0.05) is 15.9 Å². The minimum atomic E-state index is -0.573. The van der Waals surface area contributed by atoms with Crippen molar-refractivity contribution in [3.05, 3.63) is 58.6 Å². The number of benzene rings is 2. The van der Waals surface area contributed by atoms with Gasteiger partial charge in [-0.3, -0.25) is 14.9 Å². The molecule has 2 aromatic carbocycles. The highest BCUT2D eigenvalue weighted by atomic mass is 33.1. The van der Waals surface area contributed by atoms with Crippen LogP contribution in [0.25, 0.3) is 0 Å². The molecule has 7 heteroatoms. The van der Waals surface area contributed by atoms with E-state index in [1.807, 2.05) is 30.3 Å². The molecule has 0 heterocycles. The Morgan fingerprint density at radius 1 is 1.05 bits per heavy atom. The fraction of sp³-hybridized carbons (Fsp3) is 0. The highest BCUT2D eigenvalue weighted by Gasteiger charge is 2.16. The second-order valence-corrected chi connectivity index (χ2v) is 5.86. The van der Waals surface area contributed by atoms with Gasteiger partial charge in [-0.1, -0.05) is 39.8 Å². The van der Waals surface area contributed by atoms with Crippen molar-refractivity contribution in [3.8, 4) is 5.75 Å². The van der Waals surface area contributed by atoms with E-state index in [2.05, 4.69) is 4.74 Å². The van der Waals surface area contributed by atoms with Crippen molar-refractivity contribution in [1.82, 2.24) is 0 Å². The molecule has 2 rings (SSSR count). The van der Waals surface area contributed by atoms with Crippen molar-refractivity contribution in [3.63, 3.8) is 0 Å². The number of nitrogens with zero attached hydrogens (tertiary/aromatic N) is 1. The molecular formula is C13H9NO4S2. The standard InChI is InChI=1S/C13H9NO4S2/c15-9-18-13-7-6-11(8-12(13)14(16)17)20-19-10-4-2-1-3-5-10/h1-9H. The molecule has 0 bridgehead atoms. The van der Waals surface area contributed by atoms with Crippen molar-refractivity contribution in [1.29, 1.82) is 0 Å². The lowest BCUT2D eigenvalue weighted by Gasteiger charge is -2.03. The molecule has 102 valence electrons. The third-order valence-electron chi connectivity index (χ3n) is 2.28. The molecule has 0 amide bonds. The summed E-state index contributed by atoms with van der Waals surface area (Å²) in [6, 6.07) is 14.2. The van der Waals surface area contributed by atoms with Crippen LogP contribution in [0.3, 0.4) is 0 Å². The second-order valence-electron chi connectivity index (χ2n) is 3.58. The van der Waals surface area contributed by atoms with Gasteiger partial charge in [0.25, 0.3) is 6.47 Å². The third-order valence-corrected chi connectivity index (χ3v) is 4.68. The van der Waals surface area contributed by atoms with Gasteiger partial charge < -0.3 is 4.74 Å². The Balaban J connectivity index is 2.14. The van der Waals surface area contributed by atoms with Crippen LogP contribution in [0, 0.1) is 10.1 Å². The van der Waals surface area contributed by atoms with Gasteiger partial charge >= 0.3 is 5.69 Å². The monoisotopic (exact) mass is 307 g/mol. The van der Waals surface area contributed by atoms with Gasteiger partial charge in [-0.15, -0.1) is 0 Å². The third kappa shape index (κ3) is 3.75. The summed E-state index contributed by atoms with van der Waals surface area (Å²) in [4.78, 5) is 22.4. The summed E-state index contributed by atoms with van der Waals surface area (Å²) >= 11 is 0. The molecule has 0 aliphatic rings. The van der Waals surface area contributed by atoms with Crippen LogP contribution < -0.4 is 4.74 Å². The van der Waals surface area contributed by atoms with Crippen LogP contribution in [0.2, 0.25) is 0 Å². The Kier molecular flexibility index (Phi) is 5.03. The number of carbonyl (C=O) groups is 1. The highest BCUT2D eigenvalue weighted by molar-refractivity contribution is 8.76. The van der Waals surface area contributed by atoms with Crippen molar-refractivity contribution < 1.29 is 14.5 Å². The van der Waals surface area contributed by atoms with Gasteiger partial charge in [0.1, 0.15) is 0 Å². The number of hydrogen-bond acceptors (Lipinski definition) is 6. The fourth-order valence-corrected chi connectivity index (χ4v) is 3.38. The van der Waals surface area contributed by atoms with E-state index in [9.17, 15) is 14.9 Å². The molecule has 0 spiro atoms. The topological polar surface area (TPSA) is 69.4 Å². The average Bonchev–Trinajstić information content (AvgIpc) is 2.47. The molecule has 0 N–H and O–H groups in total. The SMILES string of the molecule is O=COc1ccc(SSc2ccccc2)cc1[N+](=O)[O-]. The van der Waals surface area contributed by atoms with Crippen LogP contribution in [0.5, 0.6) is 5.75 Å². The van der Waals surface area contributed by atoms with Gasteiger partial charge in [0.2, 0.25) is 5.75 Å². The number of hydrogen-bond donors (Lipinski definition) is 0. The summed E-state index contributed by atoms with van der Waals surface area (Å²) in [5.41, 5.74) is -0.226.